The number of rotatable bonds is 9. The van der Waals surface area contributed by atoms with Crippen LogP contribution in [0.4, 0.5) is 0 Å². The van der Waals surface area contributed by atoms with Crippen LogP contribution in [0.1, 0.15) is 18.1 Å². The molecule has 0 spiro atoms. The van der Waals surface area contributed by atoms with Gasteiger partial charge >= 0.3 is 0 Å². The van der Waals surface area contributed by atoms with Crippen molar-refractivity contribution in [3.8, 4) is 11.5 Å². The zero-order valence-electron chi connectivity index (χ0n) is 18.5. The van der Waals surface area contributed by atoms with Crippen LogP contribution in [0, 0.1) is 0 Å². The van der Waals surface area contributed by atoms with Gasteiger partial charge in [-0.1, -0.05) is 53.5 Å². The van der Waals surface area contributed by atoms with E-state index in [0.717, 1.165) is 5.56 Å². The van der Waals surface area contributed by atoms with Gasteiger partial charge in [-0.15, -0.1) is 0 Å². The minimum Gasteiger partial charge on any atom is -0.507 e. The molecule has 35 heavy (non-hydrogen) atoms. The van der Waals surface area contributed by atoms with E-state index in [1.54, 1.807) is 31.2 Å². The average Bonchev–Trinajstić information content (AvgIpc) is 2.83. The van der Waals surface area contributed by atoms with Gasteiger partial charge in [0.25, 0.3) is 11.8 Å². The summed E-state index contributed by atoms with van der Waals surface area (Å²) in [7, 11) is 0. The first-order valence-corrected chi connectivity index (χ1v) is 12.0. The van der Waals surface area contributed by atoms with Crippen LogP contribution in [0.2, 0.25) is 10.0 Å². The van der Waals surface area contributed by atoms with Gasteiger partial charge in [-0.25, -0.2) is 5.43 Å². The Morgan fingerprint density at radius 1 is 1.09 bits per heavy atom. The smallest absolute Gasteiger partial charge is 0.262 e. The minimum atomic E-state index is -0.933. The Hall–Kier alpha value is -3.07. The summed E-state index contributed by atoms with van der Waals surface area (Å²) in [5.41, 5.74) is 3.96. The highest BCUT2D eigenvalue weighted by molar-refractivity contribution is 9.10. The SMILES string of the molecule is C[C@H](Oc1ccc(Cl)cc1Cl)C(=O)N[C@@H](Cc1ccccc1)C(=O)N/N=C\c1ccc(O)c(Br)c1. The average molecular weight is 579 g/mol. The van der Waals surface area contributed by atoms with E-state index >= 15 is 0 Å². The number of halogens is 3. The van der Waals surface area contributed by atoms with E-state index in [1.165, 1.54) is 18.3 Å². The first-order valence-electron chi connectivity index (χ1n) is 10.5. The number of carbonyl (C=O) groups excluding carboxylic acids is 2. The third kappa shape index (κ3) is 7.99. The Morgan fingerprint density at radius 2 is 1.83 bits per heavy atom. The molecule has 0 bridgehead atoms. The van der Waals surface area contributed by atoms with Gasteiger partial charge in [0.1, 0.15) is 17.5 Å². The molecule has 0 aliphatic rings. The number of phenolic OH excluding ortho intramolecular Hbond substituents is 1. The monoisotopic (exact) mass is 577 g/mol. The van der Waals surface area contributed by atoms with Crippen molar-refractivity contribution in [3.05, 3.63) is 92.4 Å². The van der Waals surface area contributed by atoms with Gasteiger partial charge in [0.15, 0.2) is 6.10 Å². The van der Waals surface area contributed by atoms with Gasteiger partial charge in [-0.05, 0) is 70.4 Å². The molecule has 0 saturated heterocycles. The van der Waals surface area contributed by atoms with Crippen LogP contribution in [-0.4, -0.2) is 35.3 Å². The number of hydrogen-bond donors (Lipinski definition) is 3. The van der Waals surface area contributed by atoms with Crippen LogP contribution in [0.5, 0.6) is 11.5 Å². The molecule has 182 valence electrons. The molecule has 2 atom stereocenters. The molecule has 0 unspecified atom stereocenters. The van der Waals surface area contributed by atoms with Crippen molar-refractivity contribution in [3.63, 3.8) is 0 Å². The second-order valence-electron chi connectivity index (χ2n) is 7.53. The molecule has 0 aliphatic heterocycles. The van der Waals surface area contributed by atoms with Gasteiger partial charge in [0.2, 0.25) is 0 Å². The summed E-state index contributed by atoms with van der Waals surface area (Å²) in [4.78, 5) is 25.7. The maximum atomic E-state index is 12.9. The molecular formula is C25H22BrCl2N3O4. The molecule has 3 N–H and O–H groups in total. The van der Waals surface area contributed by atoms with Crippen molar-refractivity contribution < 1.29 is 19.4 Å². The fourth-order valence-corrected chi connectivity index (χ4v) is 3.86. The Labute approximate surface area is 221 Å². The van der Waals surface area contributed by atoms with E-state index in [2.05, 4.69) is 31.8 Å². The normalized spacial score (nSPS) is 12.7. The molecular weight excluding hydrogens is 557 g/mol. The molecule has 0 fully saturated rings. The number of hydrazone groups is 1. The van der Waals surface area contributed by atoms with Gasteiger partial charge < -0.3 is 15.2 Å². The Kier molecular flexibility index (Phi) is 9.54. The molecule has 0 aromatic heterocycles. The Bertz CT molecular complexity index is 1220. The standard InChI is InChI=1S/C25H22BrCl2N3O4/c1-15(35-23-10-8-18(27)13-20(23)28)24(33)30-21(12-16-5-3-2-4-6-16)25(34)31-29-14-17-7-9-22(32)19(26)11-17/h2-11,13-15,21,32H,12H2,1H3,(H,30,33)(H,31,34)/b29-14-/t15-,21-/m0/s1. The zero-order chi connectivity index (χ0) is 25.4. The first-order chi connectivity index (χ1) is 16.7. The third-order valence-electron chi connectivity index (χ3n) is 4.84. The molecule has 3 aromatic carbocycles. The highest BCUT2D eigenvalue weighted by Crippen LogP contribution is 2.28. The number of ether oxygens (including phenoxy) is 1. The molecule has 3 aromatic rings. The topological polar surface area (TPSA) is 100 Å². The van der Waals surface area contributed by atoms with Crippen molar-refractivity contribution in [2.24, 2.45) is 5.10 Å². The lowest BCUT2D eigenvalue weighted by Crippen LogP contribution is -2.50. The van der Waals surface area contributed by atoms with Crippen molar-refractivity contribution >= 4 is 57.2 Å². The fourth-order valence-electron chi connectivity index (χ4n) is 3.01. The highest BCUT2D eigenvalue weighted by Gasteiger charge is 2.25. The predicted molar refractivity (Wildman–Crippen MR) is 140 cm³/mol. The second-order valence-corrected chi connectivity index (χ2v) is 9.23. The quantitative estimate of drug-likeness (QED) is 0.243. The molecule has 0 aliphatic carbocycles. The number of nitrogens with one attached hydrogen (secondary N) is 2. The lowest BCUT2D eigenvalue weighted by Gasteiger charge is -2.21. The Morgan fingerprint density at radius 3 is 2.51 bits per heavy atom. The number of amides is 2. The summed E-state index contributed by atoms with van der Waals surface area (Å²) in [6, 6.07) is 17.8. The zero-order valence-corrected chi connectivity index (χ0v) is 21.6. The predicted octanol–water partition coefficient (Wildman–Crippen LogP) is 5.11. The summed E-state index contributed by atoms with van der Waals surface area (Å²) in [5.74, 6) is -0.618. The van der Waals surface area contributed by atoms with Crippen LogP contribution >= 0.6 is 39.1 Å². The molecule has 0 saturated carbocycles. The van der Waals surface area contributed by atoms with E-state index < -0.39 is 24.0 Å². The maximum Gasteiger partial charge on any atom is 0.262 e. The van der Waals surface area contributed by atoms with Crippen LogP contribution in [-0.2, 0) is 16.0 Å². The lowest BCUT2D eigenvalue weighted by molar-refractivity contribution is -0.132. The molecule has 3 rings (SSSR count). The van der Waals surface area contributed by atoms with Crippen molar-refractivity contribution in [1.82, 2.24) is 10.7 Å². The van der Waals surface area contributed by atoms with Gasteiger partial charge in [-0.2, -0.15) is 5.10 Å². The third-order valence-corrected chi connectivity index (χ3v) is 6.01. The molecule has 0 heterocycles. The number of benzene rings is 3. The van der Waals surface area contributed by atoms with Crippen LogP contribution in [0.3, 0.4) is 0 Å². The molecule has 10 heteroatoms. The number of nitrogens with zero attached hydrogens (tertiary/aromatic N) is 1. The van der Waals surface area contributed by atoms with Crippen LogP contribution < -0.4 is 15.5 Å². The van der Waals surface area contributed by atoms with Gasteiger partial charge in [0, 0.05) is 11.4 Å². The van der Waals surface area contributed by atoms with E-state index in [-0.39, 0.29) is 17.2 Å². The number of aromatic hydroxyl groups is 1. The van der Waals surface area contributed by atoms with E-state index in [4.69, 9.17) is 27.9 Å². The summed E-state index contributed by atoms with van der Waals surface area (Å²) >= 11 is 15.3. The minimum absolute atomic E-state index is 0.0908. The summed E-state index contributed by atoms with van der Waals surface area (Å²) in [6.45, 7) is 1.55. The summed E-state index contributed by atoms with van der Waals surface area (Å²) in [5, 5.41) is 17.0. The van der Waals surface area contributed by atoms with E-state index in [1.807, 2.05) is 30.3 Å². The molecule has 0 radical (unpaired) electrons. The van der Waals surface area contributed by atoms with Gasteiger partial charge in [-0.3, -0.25) is 9.59 Å². The van der Waals surface area contributed by atoms with Crippen molar-refractivity contribution in [2.45, 2.75) is 25.5 Å². The number of phenols is 1. The second kappa shape index (κ2) is 12.6. The first kappa shape index (κ1) is 26.5. The number of hydrogen-bond acceptors (Lipinski definition) is 5. The van der Waals surface area contributed by atoms with Crippen molar-refractivity contribution in [2.75, 3.05) is 0 Å². The molecule has 7 nitrogen and oxygen atoms in total. The van der Waals surface area contributed by atoms with E-state index in [0.29, 0.717) is 20.8 Å². The Balaban J connectivity index is 1.69. The van der Waals surface area contributed by atoms with E-state index in [9.17, 15) is 14.7 Å². The largest absolute Gasteiger partial charge is 0.507 e. The summed E-state index contributed by atoms with van der Waals surface area (Å²) in [6.07, 6.45) is 0.739. The highest BCUT2D eigenvalue weighted by atomic mass is 79.9. The maximum absolute atomic E-state index is 12.9. The summed E-state index contributed by atoms with van der Waals surface area (Å²) < 4.78 is 6.16. The van der Waals surface area contributed by atoms with Gasteiger partial charge in [0.05, 0.1) is 15.7 Å². The molecule has 2 amide bonds. The lowest BCUT2D eigenvalue weighted by atomic mass is 10.1. The van der Waals surface area contributed by atoms with Crippen LogP contribution in [0.25, 0.3) is 0 Å². The van der Waals surface area contributed by atoms with Crippen molar-refractivity contribution in [1.29, 1.82) is 0 Å². The fraction of sp³-hybridized carbons (Fsp3) is 0.160. The van der Waals surface area contributed by atoms with Crippen LogP contribution in [0.15, 0.2) is 76.3 Å². The number of carbonyl (C=O) groups is 2.